The smallest absolute Gasteiger partial charge is 0.244 e. The van der Waals surface area contributed by atoms with Crippen molar-refractivity contribution in [1.82, 2.24) is 5.32 Å². The zero-order chi connectivity index (χ0) is 14.8. The molecule has 1 N–H and O–H groups in total. The van der Waals surface area contributed by atoms with E-state index < -0.39 is 0 Å². The van der Waals surface area contributed by atoms with Gasteiger partial charge in [0.2, 0.25) is 5.91 Å². The topological polar surface area (TPSA) is 32.3 Å². The van der Waals surface area contributed by atoms with Gasteiger partial charge in [-0.05, 0) is 36.2 Å². The fourth-order valence-electron chi connectivity index (χ4n) is 2.56. The van der Waals surface area contributed by atoms with E-state index in [9.17, 15) is 4.79 Å². The van der Waals surface area contributed by atoms with E-state index in [0.717, 1.165) is 16.8 Å². The maximum atomic E-state index is 12.6. The van der Waals surface area contributed by atoms with Crippen LogP contribution in [0.15, 0.2) is 48.5 Å². The van der Waals surface area contributed by atoms with Crippen LogP contribution in [0.1, 0.15) is 18.1 Å². The van der Waals surface area contributed by atoms with Crippen molar-refractivity contribution in [3.05, 3.63) is 64.7 Å². The van der Waals surface area contributed by atoms with Gasteiger partial charge in [0, 0.05) is 17.3 Å². The normalized spacial score (nSPS) is 18.3. The summed E-state index contributed by atoms with van der Waals surface area (Å²) >= 11 is 5.92. The Kier molecular flexibility index (Phi) is 3.95. The van der Waals surface area contributed by atoms with Gasteiger partial charge in [0.1, 0.15) is 0 Å². The fourth-order valence-corrected chi connectivity index (χ4v) is 2.69. The summed E-state index contributed by atoms with van der Waals surface area (Å²) < 4.78 is 0. The Balaban J connectivity index is 1.97. The van der Waals surface area contributed by atoms with E-state index in [1.807, 2.05) is 54.3 Å². The summed E-state index contributed by atoms with van der Waals surface area (Å²) in [5.74, 6) is 0.0925. The Morgan fingerprint density at radius 2 is 1.90 bits per heavy atom. The third-order valence-corrected chi connectivity index (χ3v) is 4.02. The van der Waals surface area contributed by atoms with Crippen LogP contribution in [-0.2, 0) is 17.9 Å². The van der Waals surface area contributed by atoms with Gasteiger partial charge in [-0.3, -0.25) is 4.79 Å². The van der Waals surface area contributed by atoms with Gasteiger partial charge < -0.3 is 10.2 Å². The first-order chi connectivity index (χ1) is 10.1. The maximum Gasteiger partial charge on any atom is 0.244 e. The number of amides is 1. The van der Waals surface area contributed by atoms with Crippen LogP contribution in [0, 0.1) is 0 Å². The molecule has 3 nitrogen and oxygen atoms in total. The van der Waals surface area contributed by atoms with Crippen LogP contribution in [0.5, 0.6) is 0 Å². The first kappa shape index (κ1) is 14.1. The molecule has 0 bridgehead atoms. The third kappa shape index (κ3) is 2.94. The molecule has 1 aliphatic heterocycles. The summed E-state index contributed by atoms with van der Waals surface area (Å²) in [6.07, 6.45) is 0. The summed E-state index contributed by atoms with van der Waals surface area (Å²) in [5, 5.41) is 3.97. The number of carbonyl (C=O) groups excluding carboxylic acids is 1. The second kappa shape index (κ2) is 5.88. The average molecular weight is 301 g/mol. The highest BCUT2D eigenvalue weighted by atomic mass is 35.5. The summed E-state index contributed by atoms with van der Waals surface area (Å²) in [6.45, 7) is 3.17. The molecule has 1 atom stereocenters. The Labute approximate surface area is 129 Å². The minimum absolute atomic E-state index is 0.0925. The van der Waals surface area contributed by atoms with Gasteiger partial charge in [0.05, 0.1) is 12.6 Å². The quantitative estimate of drug-likeness (QED) is 0.922. The number of benzene rings is 2. The van der Waals surface area contributed by atoms with Crippen LogP contribution in [0.3, 0.4) is 0 Å². The van der Waals surface area contributed by atoms with Crippen molar-refractivity contribution in [3.8, 4) is 0 Å². The number of hydrogen-bond acceptors (Lipinski definition) is 2. The molecule has 21 heavy (non-hydrogen) atoms. The van der Waals surface area contributed by atoms with Gasteiger partial charge in [-0.25, -0.2) is 0 Å². The third-order valence-electron chi connectivity index (χ3n) is 3.77. The minimum atomic E-state index is -0.190. The van der Waals surface area contributed by atoms with Crippen molar-refractivity contribution < 1.29 is 4.79 Å². The second-order valence-electron chi connectivity index (χ2n) is 5.28. The second-order valence-corrected chi connectivity index (χ2v) is 5.72. The van der Waals surface area contributed by atoms with Gasteiger partial charge in [0.25, 0.3) is 0 Å². The van der Waals surface area contributed by atoms with E-state index in [-0.39, 0.29) is 11.9 Å². The molecule has 2 aromatic rings. The van der Waals surface area contributed by atoms with Crippen LogP contribution in [0.2, 0.25) is 5.02 Å². The van der Waals surface area contributed by atoms with E-state index in [1.54, 1.807) is 0 Å². The molecule has 0 fully saturated rings. The first-order valence-corrected chi connectivity index (χ1v) is 7.40. The van der Waals surface area contributed by atoms with Crippen LogP contribution < -0.4 is 10.2 Å². The highest BCUT2D eigenvalue weighted by Gasteiger charge is 2.26. The summed E-state index contributed by atoms with van der Waals surface area (Å²) in [5.41, 5.74) is 3.19. The molecular weight excluding hydrogens is 284 g/mol. The van der Waals surface area contributed by atoms with Crippen molar-refractivity contribution in [2.24, 2.45) is 0 Å². The number of nitrogens with one attached hydrogen (secondary N) is 1. The van der Waals surface area contributed by atoms with Crippen LogP contribution in [0.4, 0.5) is 5.69 Å². The molecule has 1 amide bonds. The molecule has 1 aliphatic rings. The molecule has 108 valence electrons. The molecule has 1 unspecified atom stereocenters. The molecule has 0 radical (unpaired) electrons. The lowest BCUT2D eigenvalue weighted by molar-refractivity contribution is -0.120. The number of anilines is 1. The molecule has 0 saturated carbocycles. The van der Waals surface area contributed by atoms with Gasteiger partial charge in [-0.1, -0.05) is 41.9 Å². The Hall–Kier alpha value is -1.84. The van der Waals surface area contributed by atoms with E-state index in [2.05, 4.69) is 11.4 Å². The number of halogens is 1. The van der Waals surface area contributed by atoms with Gasteiger partial charge in [-0.15, -0.1) is 0 Å². The first-order valence-electron chi connectivity index (χ1n) is 7.02. The largest absolute Gasteiger partial charge is 0.306 e. The highest BCUT2D eigenvalue weighted by Crippen LogP contribution is 2.26. The Morgan fingerprint density at radius 1 is 1.19 bits per heavy atom. The Bertz CT molecular complexity index is 654. The Morgan fingerprint density at radius 3 is 2.67 bits per heavy atom. The zero-order valence-corrected chi connectivity index (χ0v) is 12.6. The van der Waals surface area contributed by atoms with E-state index in [4.69, 9.17) is 11.6 Å². The van der Waals surface area contributed by atoms with Crippen LogP contribution in [0.25, 0.3) is 0 Å². The molecule has 3 rings (SSSR count). The SMILES string of the molecule is CC1NCc2ccccc2N(Cc2ccc(Cl)cc2)C1=O. The molecule has 0 spiro atoms. The lowest BCUT2D eigenvalue weighted by atomic mass is 10.1. The average Bonchev–Trinajstić information content (AvgIpc) is 2.62. The summed E-state index contributed by atoms with van der Waals surface area (Å²) in [7, 11) is 0. The lowest BCUT2D eigenvalue weighted by Crippen LogP contribution is -2.42. The minimum Gasteiger partial charge on any atom is -0.306 e. The lowest BCUT2D eigenvalue weighted by Gasteiger charge is -2.24. The number of carbonyl (C=O) groups is 1. The monoisotopic (exact) mass is 300 g/mol. The number of para-hydroxylation sites is 1. The molecule has 4 heteroatoms. The maximum absolute atomic E-state index is 12.6. The standard InChI is InChI=1S/C17H17ClN2O/c1-12-17(21)20(11-13-6-8-15(18)9-7-13)16-5-3-2-4-14(16)10-19-12/h2-9,12,19H,10-11H2,1H3. The van der Waals surface area contributed by atoms with Gasteiger partial charge in [0.15, 0.2) is 0 Å². The van der Waals surface area contributed by atoms with E-state index in [1.165, 1.54) is 0 Å². The van der Waals surface area contributed by atoms with Crippen LogP contribution >= 0.6 is 11.6 Å². The van der Waals surface area contributed by atoms with Crippen molar-refractivity contribution >= 4 is 23.2 Å². The number of fused-ring (bicyclic) bond motifs is 1. The van der Waals surface area contributed by atoms with Crippen molar-refractivity contribution in [3.63, 3.8) is 0 Å². The summed E-state index contributed by atoms with van der Waals surface area (Å²) in [4.78, 5) is 14.5. The van der Waals surface area contributed by atoms with Crippen molar-refractivity contribution in [2.45, 2.75) is 26.1 Å². The number of nitrogens with zero attached hydrogens (tertiary/aromatic N) is 1. The van der Waals surface area contributed by atoms with Gasteiger partial charge in [-0.2, -0.15) is 0 Å². The van der Waals surface area contributed by atoms with E-state index >= 15 is 0 Å². The van der Waals surface area contributed by atoms with Crippen molar-refractivity contribution in [2.75, 3.05) is 4.90 Å². The molecule has 0 aliphatic carbocycles. The predicted molar refractivity (Wildman–Crippen MR) is 85.4 cm³/mol. The summed E-state index contributed by atoms with van der Waals surface area (Å²) in [6, 6.07) is 15.5. The van der Waals surface area contributed by atoms with Gasteiger partial charge >= 0.3 is 0 Å². The molecule has 0 aromatic heterocycles. The molecule has 0 saturated heterocycles. The molecular formula is C17H17ClN2O. The molecule has 1 heterocycles. The predicted octanol–water partition coefficient (Wildman–Crippen LogP) is 3.36. The highest BCUT2D eigenvalue weighted by molar-refractivity contribution is 6.30. The molecule has 2 aromatic carbocycles. The zero-order valence-electron chi connectivity index (χ0n) is 11.8. The van der Waals surface area contributed by atoms with Crippen molar-refractivity contribution in [1.29, 1.82) is 0 Å². The van der Waals surface area contributed by atoms with E-state index in [0.29, 0.717) is 18.1 Å². The number of rotatable bonds is 2. The number of hydrogen-bond donors (Lipinski definition) is 1. The van der Waals surface area contributed by atoms with Crippen LogP contribution in [-0.4, -0.2) is 11.9 Å². The fraction of sp³-hybridized carbons (Fsp3) is 0.235.